The summed E-state index contributed by atoms with van der Waals surface area (Å²) in [6, 6.07) is 3.84. The van der Waals surface area contributed by atoms with Crippen LogP contribution in [0, 0.1) is 17.0 Å². The molecule has 0 saturated heterocycles. The van der Waals surface area contributed by atoms with Gasteiger partial charge in [-0.2, -0.15) is 0 Å². The number of aryl methyl sites for hydroxylation is 1. The minimum Gasteiger partial charge on any atom is -0.481 e. The number of nitrogens with one attached hydrogen (secondary N) is 1. The minimum absolute atomic E-state index is 0.0291. The number of nitrogens with zero attached hydrogens (tertiary/aromatic N) is 1. The molecule has 2 N–H and O–H groups in total. The summed E-state index contributed by atoms with van der Waals surface area (Å²) < 4.78 is 25.7. The van der Waals surface area contributed by atoms with Crippen LogP contribution in [0.2, 0.25) is 0 Å². The third kappa shape index (κ3) is 4.84. The SMILES string of the molecule is Cc1ccc([N+](=O)[O-])cc1NS(=O)(=O)CCCC(=O)O. The highest BCUT2D eigenvalue weighted by atomic mass is 32.2. The van der Waals surface area contributed by atoms with Crippen molar-refractivity contribution in [2.45, 2.75) is 19.8 Å². The number of benzene rings is 1. The molecule has 1 aromatic rings. The van der Waals surface area contributed by atoms with Crippen LogP contribution in [-0.4, -0.2) is 30.2 Å². The smallest absolute Gasteiger partial charge is 0.303 e. The fourth-order valence-corrected chi connectivity index (χ4v) is 2.65. The molecule has 0 atom stereocenters. The van der Waals surface area contributed by atoms with E-state index in [4.69, 9.17) is 5.11 Å². The lowest BCUT2D eigenvalue weighted by atomic mass is 10.2. The van der Waals surface area contributed by atoms with Crippen molar-refractivity contribution in [2.24, 2.45) is 0 Å². The highest BCUT2D eigenvalue weighted by Gasteiger charge is 2.15. The van der Waals surface area contributed by atoms with E-state index in [1.165, 1.54) is 12.1 Å². The van der Waals surface area contributed by atoms with E-state index in [1.54, 1.807) is 6.92 Å². The zero-order chi connectivity index (χ0) is 15.3. The van der Waals surface area contributed by atoms with Gasteiger partial charge in [-0.15, -0.1) is 0 Å². The number of hydrogen-bond acceptors (Lipinski definition) is 5. The van der Waals surface area contributed by atoms with Gasteiger partial charge in [-0.05, 0) is 18.9 Å². The van der Waals surface area contributed by atoms with E-state index in [-0.39, 0.29) is 30.0 Å². The summed E-state index contributed by atoms with van der Waals surface area (Å²) >= 11 is 0. The number of rotatable bonds is 7. The quantitative estimate of drug-likeness (QED) is 0.580. The maximum absolute atomic E-state index is 11.7. The number of carboxylic acid groups (broad SMARTS) is 1. The van der Waals surface area contributed by atoms with Crippen molar-refractivity contribution in [3.63, 3.8) is 0 Å². The van der Waals surface area contributed by atoms with Gasteiger partial charge < -0.3 is 5.11 Å². The van der Waals surface area contributed by atoms with Crippen LogP contribution in [0.4, 0.5) is 11.4 Å². The molecule has 9 heteroatoms. The van der Waals surface area contributed by atoms with Gasteiger partial charge in [-0.1, -0.05) is 6.07 Å². The highest BCUT2D eigenvalue weighted by Crippen LogP contribution is 2.23. The van der Waals surface area contributed by atoms with Gasteiger partial charge in [0, 0.05) is 18.6 Å². The van der Waals surface area contributed by atoms with Crippen LogP contribution in [0.25, 0.3) is 0 Å². The summed E-state index contributed by atoms with van der Waals surface area (Å²) in [7, 11) is -3.73. The van der Waals surface area contributed by atoms with E-state index >= 15 is 0 Å². The number of sulfonamides is 1. The van der Waals surface area contributed by atoms with Gasteiger partial charge in [0.1, 0.15) is 0 Å². The molecule has 0 spiro atoms. The second-order valence-corrected chi connectivity index (χ2v) is 6.02. The lowest BCUT2D eigenvalue weighted by molar-refractivity contribution is -0.384. The number of anilines is 1. The average Bonchev–Trinajstić information content (AvgIpc) is 2.30. The lowest BCUT2D eigenvalue weighted by Gasteiger charge is -2.09. The molecule has 20 heavy (non-hydrogen) atoms. The molecule has 110 valence electrons. The van der Waals surface area contributed by atoms with Gasteiger partial charge in [0.05, 0.1) is 16.4 Å². The van der Waals surface area contributed by atoms with E-state index in [9.17, 15) is 23.3 Å². The van der Waals surface area contributed by atoms with Gasteiger partial charge in [0.15, 0.2) is 0 Å². The fourth-order valence-electron chi connectivity index (χ4n) is 1.47. The Bertz CT molecular complexity index is 626. The van der Waals surface area contributed by atoms with Crippen molar-refractivity contribution in [1.29, 1.82) is 0 Å². The molecule has 0 unspecified atom stereocenters. The largest absolute Gasteiger partial charge is 0.481 e. The predicted octanol–water partition coefficient (Wildman–Crippen LogP) is 1.51. The van der Waals surface area contributed by atoms with Crippen molar-refractivity contribution in [3.05, 3.63) is 33.9 Å². The summed E-state index contributed by atoms with van der Waals surface area (Å²) in [4.78, 5) is 20.3. The maximum Gasteiger partial charge on any atom is 0.303 e. The summed E-state index contributed by atoms with van der Waals surface area (Å²) in [6.07, 6.45) is -0.284. The van der Waals surface area contributed by atoms with Crippen molar-refractivity contribution in [3.8, 4) is 0 Å². The maximum atomic E-state index is 11.7. The molecule has 0 aromatic heterocycles. The molecule has 0 aliphatic rings. The lowest BCUT2D eigenvalue weighted by Crippen LogP contribution is -2.18. The van der Waals surface area contributed by atoms with Crippen LogP contribution in [-0.2, 0) is 14.8 Å². The summed E-state index contributed by atoms with van der Waals surface area (Å²) in [5, 5.41) is 19.1. The Morgan fingerprint density at radius 1 is 1.45 bits per heavy atom. The van der Waals surface area contributed by atoms with Gasteiger partial charge in [-0.3, -0.25) is 19.6 Å². The molecule has 0 amide bonds. The molecule has 0 aliphatic heterocycles. The second-order valence-electron chi connectivity index (χ2n) is 4.17. The van der Waals surface area contributed by atoms with Crippen molar-refractivity contribution in [2.75, 3.05) is 10.5 Å². The Morgan fingerprint density at radius 2 is 2.10 bits per heavy atom. The number of nitro benzene ring substituents is 1. The van der Waals surface area contributed by atoms with Crippen LogP contribution in [0.5, 0.6) is 0 Å². The monoisotopic (exact) mass is 302 g/mol. The van der Waals surface area contributed by atoms with Crippen LogP contribution in [0.1, 0.15) is 18.4 Å². The van der Waals surface area contributed by atoms with Gasteiger partial charge in [0.25, 0.3) is 5.69 Å². The Hall–Kier alpha value is -2.16. The first-order chi connectivity index (χ1) is 9.21. The Kier molecular flexibility index (Phi) is 5.03. The zero-order valence-corrected chi connectivity index (χ0v) is 11.5. The molecule has 1 aromatic carbocycles. The first-order valence-electron chi connectivity index (χ1n) is 5.68. The van der Waals surface area contributed by atoms with Crippen molar-refractivity contribution < 1.29 is 23.2 Å². The molecular weight excluding hydrogens is 288 g/mol. The average molecular weight is 302 g/mol. The van der Waals surface area contributed by atoms with E-state index in [0.29, 0.717) is 5.56 Å². The number of nitro groups is 1. The fraction of sp³-hybridized carbons (Fsp3) is 0.364. The standard InChI is InChI=1S/C11H14N2O6S/c1-8-4-5-9(13(16)17)7-10(8)12-20(18,19)6-2-3-11(14)15/h4-5,7,12H,2-3,6H2,1H3,(H,14,15). The Morgan fingerprint density at radius 3 is 2.65 bits per heavy atom. The van der Waals surface area contributed by atoms with E-state index < -0.39 is 20.9 Å². The van der Waals surface area contributed by atoms with Crippen LogP contribution in [0.3, 0.4) is 0 Å². The van der Waals surface area contributed by atoms with Crippen LogP contribution in [0.15, 0.2) is 18.2 Å². The number of hydrogen-bond donors (Lipinski definition) is 2. The number of carboxylic acids is 1. The van der Waals surface area contributed by atoms with E-state index in [2.05, 4.69) is 4.72 Å². The molecule has 1 rings (SSSR count). The molecule has 0 saturated carbocycles. The second kappa shape index (κ2) is 6.33. The first kappa shape index (κ1) is 15.9. The molecule has 0 heterocycles. The van der Waals surface area contributed by atoms with Gasteiger partial charge in [0.2, 0.25) is 10.0 Å². The number of non-ortho nitro benzene ring substituents is 1. The molecule has 0 radical (unpaired) electrons. The summed E-state index contributed by atoms with van der Waals surface area (Å²) in [5.74, 6) is -1.44. The third-order valence-electron chi connectivity index (χ3n) is 2.50. The van der Waals surface area contributed by atoms with Gasteiger partial charge >= 0.3 is 5.97 Å². The van der Waals surface area contributed by atoms with Crippen LogP contribution >= 0.6 is 0 Å². The number of aliphatic carboxylic acids is 1. The predicted molar refractivity (Wildman–Crippen MR) is 72.1 cm³/mol. The first-order valence-corrected chi connectivity index (χ1v) is 7.34. The van der Waals surface area contributed by atoms with Crippen molar-refractivity contribution >= 4 is 27.4 Å². The normalized spacial score (nSPS) is 11.1. The highest BCUT2D eigenvalue weighted by molar-refractivity contribution is 7.92. The summed E-state index contributed by atoms with van der Waals surface area (Å²) in [5.41, 5.74) is 0.436. The van der Waals surface area contributed by atoms with Gasteiger partial charge in [-0.25, -0.2) is 8.42 Å². The Labute approximate surface area is 115 Å². The number of carbonyl (C=O) groups is 1. The zero-order valence-electron chi connectivity index (χ0n) is 10.7. The van der Waals surface area contributed by atoms with Crippen LogP contribution < -0.4 is 4.72 Å². The van der Waals surface area contributed by atoms with E-state index in [0.717, 1.165) is 6.07 Å². The molecular formula is C11H14N2O6S. The molecule has 0 fully saturated rings. The van der Waals surface area contributed by atoms with Crippen molar-refractivity contribution in [1.82, 2.24) is 0 Å². The third-order valence-corrected chi connectivity index (χ3v) is 3.86. The molecule has 0 aliphatic carbocycles. The summed E-state index contributed by atoms with van der Waals surface area (Å²) in [6.45, 7) is 1.61. The van der Waals surface area contributed by atoms with E-state index in [1.807, 2.05) is 0 Å². The molecule has 8 nitrogen and oxygen atoms in total. The minimum atomic E-state index is -3.73. The Balaban J connectivity index is 2.83. The topological polar surface area (TPSA) is 127 Å². The molecule has 0 bridgehead atoms.